The molecule has 0 aliphatic rings. The maximum atomic E-state index is 12.9. The molecule has 5 nitrogen and oxygen atoms in total. The van der Waals surface area contributed by atoms with Crippen molar-refractivity contribution in [2.75, 3.05) is 38.3 Å². The van der Waals surface area contributed by atoms with E-state index < -0.39 is 11.7 Å². The van der Waals surface area contributed by atoms with E-state index in [-0.39, 0.29) is 29.9 Å². The van der Waals surface area contributed by atoms with E-state index in [0.29, 0.717) is 33.1 Å². The molecule has 0 unspecified atom stereocenters. The summed E-state index contributed by atoms with van der Waals surface area (Å²) in [7, 11) is 6.09. The summed E-state index contributed by atoms with van der Waals surface area (Å²) in [6.07, 6.45) is -3.99. The van der Waals surface area contributed by atoms with Gasteiger partial charge < -0.3 is 15.1 Å². The lowest BCUT2D eigenvalue weighted by Crippen LogP contribution is -2.37. The van der Waals surface area contributed by atoms with Crippen LogP contribution in [-0.2, 0) is 11.0 Å². The van der Waals surface area contributed by atoms with E-state index in [0.717, 1.165) is 24.2 Å². The van der Waals surface area contributed by atoms with E-state index in [2.05, 4.69) is 15.6 Å². The summed E-state index contributed by atoms with van der Waals surface area (Å²) in [4.78, 5) is 16.7. The van der Waals surface area contributed by atoms with E-state index in [1.54, 1.807) is 6.07 Å². The molecule has 0 saturated carbocycles. The van der Waals surface area contributed by atoms with Crippen molar-refractivity contribution in [3.05, 3.63) is 59.5 Å². The highest BCUT2D eigenvalue weighted by molar-refractivity contribution is 14.0. The van der Waals surface area contributed by atoms with Gasteiger partial charge in [0.1, 0.15) is 0 Å². The Morgan fingerprint density at radius 3 is 2.44 bits per heavy atom. The highest BCUT2D eigenvalue weighted by Crippen LogP contribution is 2.33. The Labute approximate surface area is 206 Å². The second-order valence-corrected chi connectivity index (χ2v) is 8.99. The van der Waals surface area contributed by atoms with Crippen LogP contribution in [0.4, 0.5) is 29.7 Å². The number of nitrogens with zero attached hydrogens (tertiary/aromatic N) is 2. The molecule has 2 aromatic carbocycles. The first kappa shape index (κ1) is 26.1. The molecule has 0 aliphatic carbocycles. The molecule has 0 spiro atoms. The summed E-state index contributed by atoms with van der Waals surface area (Å²) in [5.41, 5.74) is 1.74. The van der Waals surface area contributed by atoms with Gasteiger partial charge in [0.05, 0.1) is 45.4 Å². The van der Waals surface area contributed by atoms with Gasteiger partial charge in [-0.3, -0.25) is 4.79 Å². The Balaban J connectivity index is 0.00000363. The van der Waals surface area contributed by atoms with Crippen LogP contribution in [0.3, 0.4) is 0 Å². The van der Waals surface area contributed by atoms with Gasteiger partial charge in [-0.05, 0) is 30.3 Å². The first-order valence-corrected chi connectivity index (χ1v) is 10.5. The van der Waals surface area contributed by atoms with Gasteiger partial charge in [0.25, 0.3) is 0 Å². The summed E-state index contributed by atoms with van der Waals surface area (Å²) in [5, 5.41) is 8.11. The third-order valence-corrected chi connectivity index (χ3v) is 5.15. The van der Waals surface area contributed by atoms with Gasteiger partial charge in [-0.2, -0.15) is 13.2 Å². The normalized spacial score (nSPS) is 11.6. The monoisotopic (exact) mass is 577 g/mol. The maximum Gasteiger partial charge on any atom is 0.416 e. The van der Waals surface area contributed by atoms with Crippen molar-refractivity contribution in [3.63, 3.8) is 0 Å². The fraction of sp³-hybridized carbons (Fsp3) is 0.273. The number of carbonyl (C=O) groups is 1. The quantitative estimate of drug-likeness (QED) is 0.259. The highest BCUT2D eigenvalue weighted by atomic mass is 127. The maximum absolute atomic E-state index is 12.9. The van der Waals surface area contributed by atoms with Gasteiger partial charge in [-0.25, -0.2) is 4.98 Å². The molecule has 0 bridgehead atoms. The number of nitrogens with one attached hydrogen (secondary N) is 2. The lowest BCUT2D eigenvalue weighted by Gasteiger charge is -2.23. The molecule has 3 aromatic rings. The molecule has 0 fully saturated rings. The Morgan fingerprint density at radius 1 is 1.06 bits per heavy atom. The van der Waals surface area contributed by atoms with Gasteiger partial charge >= 0.3 is 6.18 Å². The summed E-state index contributed by atoms with van der Waals surface area (Å²) in [5.74, 6) is -0.0598. The molecule has 0 saturated heterocycles. The number of thiazole rings is 1. The fourth-order valence-electron chi connectivity index (χ4n) is 2.78. The Hall–Kier alpha value is -2.18. The molecule has 1 amide bonds. The first-order chi connectivity index (χ1) is 14.5. The minimum Gasteiger partial charge on any atom is -0.332 e. The predicted octanol–water partition coefficient (Wildman–Crippen LogP) is 6.23. The van der Waals surface area contributed by atoms with E-state index in [9.17, 15) is 18.0 Å². The molecule has 3 rings (SSSR count). The molecule has 1 heterocycles. The molecular formula is C22H25F3IN4OS+. The van der Waals surface area contributed by atoms with Gasteiger partial charge in [-0.1, -0.05) is 18.2 Å². The third-order valence-electron chi connectivity index (χ3n) is 4.40. The standard InChI is InChI=1S/C22H23F3N4OS.HI/c1-29(2,3)11-10-20(30)26-17-8-4-6-15(12-17)19-14-31-21(28-19)27-18-9-5-7-16(13-18)22(23,24)25;/h4-9,12-14H,10-11H2,1-3H3,(H-,26,27,28,30);1H/p+1. The van der Waals surface area contributed by atoms with Crippen molar-refractivity contribution in [2.45, 2.75) is 12.6 Å². The number of quaternary nitrogens is 1. The zero-order valence-corrected chi connectivity index (χ0v) is 21.0. The molecule has 0 atom stereocenters. The number of anilines is 3. The van der Waals surface area contributed by atoms with Crippen LogP contribution in [0.25, 0.3) is 11.3 Å². The van der Waals surface area contributed by atoms with Crippen LogP contribution >= 0.6 is 35.3 Å². The zero-order chi connectivity index (χ0) is 22.6. The number of benzene rings is 2. The average molecular weight is 577 g/mol. The second-order valence-electron chi connectivity index (χ2n) is 8.13. The Kier molecular flexibility index (Phi) is 8.66. The highest BCUT2D eigenvalue weighted by Gasteiger charge is 2.30. The summed E-state index contributed by atoms with van der Waals surface area (Å²) < 4.78 is 39.4. The van der Waals surface area contributed by atoms with E-state index >= 15 is 0 Å². The van der Waals surface area contributed by atoms with E-state index in [1.165, 1.54) is 17.4 Å². The van der Waals surface area contributed by atoms with Crippen molar-refractivity contribution in [1.82, 2.24) is 4.98 Å². The number of halogens is 4. The van der Waals surface area contributed by atoms with Crippen molar-refractivity contribution in [2.24, 2.45) is 0 Å². The average Bonchev–Trinajstić information content (AvgIpc) is 3.14. The molecule has 1 aromatic heterocycles. The van der Waals surface area contributed by atoms with E-state index in [1.807, 2.05) is 50.8 Å². The van der Waals surface area contributed by atoms with Crippen LogP contribution in [0.2, 0.25) is 0 Å². The van der Waals surface area contributed by atoms with Crippen LogP contribution in [-0.4, -0.2) is 43.1 Å². The van der Waals surface area contributed by atoms with Crippen molar-refractivity contribution >= 4 is 57.7 Å². The number of aromatic nitrogens is 1. The molecule has 2 N–H and O–H groups in total. The molecule has 10 heteroatoms. The smallest absolute Gasteiger partial charge is 0.332 e. The summed E-state index contributed by atoms with van der Waals surface area (Å²) >= 11 is 1.29. The van der Waals surface area contributed by atoms with Crippen molar-refractivity contribution < 1.29 is 22.4 Å². The molecule has 32 heavy (non-hydrogen) atoms. The number of alkyl halides is 3. The minimum atomic E-state index is -4.40. The molecule has 0 radical (unpaired) electrons. The topological polar surface area (TPSA) is 54.0 Å². The van der Waals surface area contributed by atoms with Crippen LogP contribution in [0.5, 0.6) is 0 Å². The van der Waals surface area contributed by atoms with Gasteiger partial charge in [0.15, 0.2) is 5.13 Å². The van der Waals surface area contributed by atoms with Crippen molar-refractivity contribution in [3.8, 4) is 11.3 Å². The summed E-state index contributed by atoms with van der Waals surface area (Å²) in [6, 6.07) is 12.3. The van der Waals surface area contributed by atoms with Gasteiger partial charge in [0.2, 0.25) is 5.91 Å². The number of amides is 1. The van der Waals surface area contributed by atoms with E-state index in [4.69, 9.17) is 0 Å². The number of rotatable bonds is 7. The zero-order valence-electron chi connectivity index (χ0n) is 17.9. The van der Waals surface area contributed by atoms with Crippen LogP contribution in [0.1, 0.15) is 12.0 Å². The summed E-state index contributed by atoms with van der Waals surface area (Å²) in [6.45, 7) is 0.724. The van der Waals surface area contributed by atoms with Gasteiger partial charge in [0, 0.05) is 22.3 Å². The Morgan fingerprint density at radius 2 is 1.75 bits per heavy atom. The minimum absolute atomic E-state index is 0. The Bertz CT molecular complexity index is 1060. The first-order valence-electron chi connectivity index (χ1n) is 9.60. The SMILES string of the molecule is C[N+](C)(C)CCC(=O)Nc1cccc(-c2csc(Nc3cccc(C(F)(F)F)c3)n2)c1.I. The van der Waals surface area contributed by atoms with Crippen LogP contribution in [0, 0.1) is 0 Å². The van der Waals surface area contributed by atoms with Crippen LogP contribution < -0.4 is 10.6 Å². The molecular weight excluding hydrogens is 552 g/mol. The van der Waals surface area contributed by atoms with Crippen LogP contribution in [0.15, 0.2) is 53.9 Å². The van der Waals surface area contributed by atoms with Crippen molar-refractivity contribution in [1.29, 1.82) is 0 Å². The lowest BCUT2D eigenvalue weighted by atomic mass is 10.1. The molecule has 172 valence electrons. The fourth-order valence-corrected chi connectivity index (χ4v) is 3.52. The predicted molar refractivity (Wildman–Crippen MR) is 134 cm³/mol. The number of carbonyl (C=O) groups excluding carboxylic acids is 1. The number of hydrogen-bond donors (Lipinski definition) is 2. The molecule has 0 aliphatic heterocycles. The lowest BCUT2D eigenvalue weighted by molar-refractivity contribution is -0.869. The third kappa shape index (κ3) is 7.75. The number of hydrogen-bond acceptors (Lipinski definition) is 4. The largest absolute Gasteiger partial charge is 0.416 e. The second kappa shape index (κ2) is 10.6. The van der Waals surface area contributed by atoms with Gasteiger partial charge in [-0.15, -0.1) is 35.3 Å².